The molecule has 1 N–H and O–H groups in total. The summed E-state index contributed by atoms with van der Waals surface area (Å²) in [5.41, 5.74) is 2.26. The lowest BCUT2D eigenvalue weighted by Gasteiger charge is -2.12. The van der Waals surface area contributed by atoms with Crippen LogP contribution in [0.2, 0.25) is 0 Å². The predicted octanol–water partition coefficient (Wildman–Crippen LogP) is 2.66. The molecule has 1 heterocycles. The fraction of sp³-hybridized carbons (Fsp3) is 0.294. The highest BCUT2D eigenvalue weighted by atomic mass is 32.2. The topological polar surface area (TPSA) is 46.2 Å². The van der Waals surface area contributed by atoms with Gasteiger partial charge in [0.2, 0.25) is 0 Å². The zero-order chi connectivity index (χ0) is 14.4. The lowest BCUT2D eigenvalue weighted by molar-refractivity contribution is 0.558. The van der Waals surface area contributed by atoms with Crippen LogP contribution in [0.1, 0.15) is 29.5 Å². The molecule has 0 spiro atoms. The third-order valence-electron chi connectivity index (χ3n) is 4.45. The highest BCUT2D eigenvalue weighted by Crippen LogP contribution is 2.43. The van der Waals surface area contributed by atoms with Crippen molar-refractivity contribution in [2.24, 2.45) is 0 Å². The van der Waals surface area contributed by atoms with Crippen LogP contribution in [0.4, 0.5) is 0 Å². The van der Waals surface area contributed by atoms with Gasteiger partial charge >= 0.3 is 0 Å². The average Bonchev–Trinajstić information content (AvgIpc) is 3.21. The number of benzene rings is 2. The molecule has 1 fully saturated rings. The summed E-state index contributed by atoms with van der Waals surface area (Å²) in [5.74, 6) is 0.700. The largest absolute Gasteiger partial charge is 0.306 e. The normalized spacial score (nSPS) is 29.0. The summed E-state index contributed by atoms with van der Waals surface area (Å²) in [5, 5.41) is 3.53. The maximum Gasteiger partial charge on any atom is 0.180 e. The Labute approximate surface area is 124 Å². The summed E-state index contributed by atoms with van der Waals surface area (Å²) in [6.07, 6.45) is 1.09. The van der Waals surface area contributed by atoms with Crippen molar-refractivity contribution < 1.29 is 8.42 Å². The highest BCUT2D eigenvalue weighted by molar-refractivity contribution is 7.91. The molecule has 0 radical (unpaired) electrons. The highest BCUT2D eigenvalue weighted by Gasteiger charge is 2.43. The van der Waals surface area contributed by atoms with Gasteiger partial charge in [-0.1, -0.05) is 48.5 Å². The zero-order valence-electron chi connectivity index (χ0n) is 11.6. The van der Waals surface area contributed by atoms with Gasteiger partial charge in [0.1, 0.15) is 0 Å². The molecular weight excluding hydrogens is 282 g/mol. The molecular formula is C17H17NO2S. The summed E-state index contributed by atoms with van der Waals surface area (Å²) < 4.78 is 24.4. The minimum atomic E-state index is -3.12. The molecule has 2 aromatic carbocycles. The third-order valence-corrected chi connectivity index (χ3v) is 6.26. The minimum absolute atomic E-state index is 0.0649. The van der Waals surface area contributed by atoms with E-state index >= 15 is 0 Å². The van der Waals surface area contributed by atoms with Crippen LogP contribution in [-0.4, -0.2) is 20.2 Å². The quantitative estimate of drug-likeness (QED) is 0.948. The van der Waals surface area contributed by atoms with Crippen LogP contribution in [0.3, 0.4) is 0 Å². The Hall–Kier alpha value is -1.65. The number of nitrogens with one attached hydrogen (secondary N) is 1. The molecule has 3 unspecified atom stereocenters. The van der Waals surface area contributed by atoms with E-state index in [4.69, 9.17) is 0 Å². The standard InChI is InChI=1S/C17H17NO2S/c19-21(20)11-16(13-8-4-5-9-17(13)21)18-15-10-14(15)12-6-2-1-3-7-12/h1-9,14-16,18H,10-11H2. The fourth-order valence-electron chi connectivity index (χ4n) is 3.29. The molecule has 1 aliphatic heterocycles. The van der Waals surface area contributed by atoms with Crippen molar-refractivity contribution in [3.8, 4) is 0 Å². The van der Waals surface area contributed by atoms with E-state index in [1.54, 1.807) is 12.1 Å². The first-order valence-electron chi connectivity index (χ1n) is 7.28. The van der Waals surface area contributed by atoms with Crippen LogP contribution in [0, 0.1) is 0 Å². The molecule has 4 rings (SSSR count). The molecule has 0 saturated heterocycles. The smallest absolute Gasteiger partial charge is 0.180 e. The van der Waals surface area contributed by atoms with Crippen molar-refractivity contribution in [2.75, 3.05) is 5.75 Å². The van der Waals surface area contributed by atoms with Crippen molar-refractivity contribution in [3.63, 3.8) is 0 Å². The van der Waals surface area contributed by atoms with Crippen LogP contribution >= 0.6 is 0 Å². The van der Waals surface area contributed by atoms with Crippen molar-refractivity contribution in [1.82, 2.24) is 5.32 Å². The van der Waals surface area contributed by atoms with Crippen molar-refractivity contribution >= 4 is 9.84 Å². The Bertz CT molecular complexity index is 770. The number of fused-ring (bicyclic) bond motifs is 1. The maximum absolute atomic E-state index is 12.2. The Morgan fingerprint density at radius 1 is 0.952 bits per heavy atom. The molecule has 2 aromatic rings. The van der Waals surface area contributed by atoms with Gasteiger partial charge in [-0.15, -0.1) is 0 Å². The van der Waals surface area contributed by atoms with Gasteiger partial charge in [-0.2, -0.15) is 0 Å². The SMILES string of the molecule is O=S1(=O)CC(NC2CC2c2ccccc2)c2ccccc21. The summed E-state index contributed by atoms with van der Waals surface area (Å²) in [4.78, 5) is 0.499. The van der Waals surface area contributed by atoms with Crippen LogP contribution in [-0.2, 0) is 9.84 Å². The maximum atomic E-state index is 12.2. The molecule has 3 atom stereocenters. The lowest BCUT2D eigenvalue weighted by Crippen LogP contribution is -2.25. The molecule has 1 aliphatic carbocycles. The number of hydrogen-bond acceptors (Lipinski definition) is 3. The molecule has 108 valence electrons. The van der Waals surface area contributed by atoms with E-state index in [9.17, 15) is 8.42 Å². The Morgan fingerprint density at radius 2 is 1.67 bits per heavy atom. The second kappa shape index (κ2) is 4.68. The van der Waals surface area contributed by atoms with Gasteiger partial charge in [-0.25, -0.2) is 8.42 Å². The van der Waals surface area contributed by atoms with Crippen molar-refractivity contribution in [3.05, 3.63) is 65.7 Å². The molecule has 0 aromatic heterocycles. The monoisotopic (exact) mass is 299 g/mol. The molecule has 4 heteroatoms. The number of sulfone groups is 1. The van der Waals surface area contributed by atoms with Gasteiger partial charge in [0, 0.05) is 18.0 Å². The Morgan fingerprint density at radius 3 is 2.48 bits per heavy atom. The Balaban J connectivity index is 1.53. The molecule has 3 nitrogen and oxygen atoms in total. The molecule has 21 heavy (non-hydrogen) atoms. The zero-order valence-corrected chi connectivity index (χ0v) is 12.4. The third kappa shape index (κ3) is 2.28. The van der Waals surface area contributed by atoms with E-state index in [2.05, 4.69) is 29.6 Å². The summed E-state index contributed by atoms with van der Waals surface area (Å²) in [7, 11) is -3.12. The first-order chi connectivity index (χ1) is 10.1. The van der Waals surface area contributed by atoms with Gasteiger partial charge in [-0.05, 0) is 23.6 Å². The molecule has 0 amide bonds. The van der Waals surface area contributed by atoms with Gasteiger partial charge in [0.05, 0.1) is 10.6 Å². The average molecular weight is 299 g/mol. The van der Waals surface area contributed by atoms with Gasteiger partial charge < -0.3 is 5.32 Å². The Kier molecular flexibility index (Phi) is 2.91. The second-order valence-electron chi connectivity index (χ2n) is 5.90. The number of rotatable bonds is 3. The molecule has 0 bridgehead atoms. The summed E-state index contributed by atoms with van der Waals surface area (Å²) >= 11 is 0. The predicted molar refractivity (Wildman–Crippen MR) is 82.0 cm³/mol. The van der Waals surface area contributed by atoms with E-state index in [-0.39, 0.29) is 11.8 Å². The number of hydrogen-bond donors (Lipinski definition) is 1. The van der Waals surface area contributed by atoms with E-state index < -0.39 is 9.84 Å². The van der Waals surface area contributed by atoms with Crippen LogP contribution in [0.5, 0.6) is 0 Å². The van der Waals surface area contributed by atoms with Crippen LogP contribution in [0.15, 0.2) is 59.5 Å². The first kappa shape index (κ1) is 13.0. The van der Waals surface area contributed by atoms with Gasteiger partial charge in [0.25, 0.3) is 0 Å². The lowest BCUT2D eigenvalue weighted by atomic mass is 10.1. The van der Waals surface area contributed by atoms with Crippen LogP contribution < -0.4 is 5.32 Å². The summed E-state index contributed by atoms with van der Waals surface area (Å²) in [6, 6.07) is 18.1. The van der Waals surface area contributed by atoms with E-state index in [1.807, 2.05) is 18.2 Å². The van der Waals surface area contributed by atoms with Crippen molar-refractivity contribution in [1.29, 1.82) is 0 Å². The van der Waals surface area contributed by atoms with Crippen molar-refractivity contribution in [2.45, 2.75) is 29.3 Å². The van der Waals surface area contributed by atoms with E-state index in [1.165, 1.54) is 5.56 Å². The summed E-state index contributed by atoms with van der Waals surface area (Å²) in [6.45, 7) is 0. The van der Waals surface area contributed by atoms with E-state index in [0.717, 1.165) is 12.0 Å². The molecule has 1 saturated carbocycles. The van der Waals surface area contributed by atoms with Gasteiger partial charge in [-0.3, -0.25) is 0 Å². The van der Waals surface area contributed by atoms with Crippen LogP contribution in [0.25, 0.3) is 0 Å². The van der Waals surface area contributed by atoms with E-state index in [0.29, 0.717) is 16.9 Å². The fourth-order valence-corrected chi connectivity index (χ4v) is 5.04. The molecule has 2 aliphatic rings. The second-order valence-corrected chi connectivity index (χ2v) is 7.90. The first-order valence-corrected chi connectivity index (χ1v) is 8.93. The minimum Gasteiger partial charge on any atom is -0.306 e. The van der Waals surface area contributed by atoms with Gasteiger partial charge in [0.15, 0.2) is 9.84 Å².